The van der Waals surface area contributed by atoms with Crippen molar-refractivity contribution in [3.8, 4) is 0 Å². The lowest BCUT2D eigenvalue weighted by molar-refractivity contribution is -0.138. The second-order valence-corrected chi connectivity index (χ2v) is 6.10. The number of aliphatic carboxylic acids is 1. The SMILES string of the molecule is COP(=O)(C[C@H](N)C(=O)O)c1ccccc1N. The molecule has 94 valence electrons. The predicted molar refractivity (Wildman–Crippen MR) is 65.6 cm³/mol. The highest BCUT2D eigenvalue weighted by atomic mass is 31.2. The first-order valence-electron chi connectivity index (χ1n) is 4.89. The lowest BCUT2D eigenvalue weighted by Gasteiger charge is -2.19. The van der Waals surface area contributed by atoms with E-state index in [-0.39, 0.29) is 6.16 Å². The molecule has 7 heteroatoms. The molecule has 0 aromatic heterocycles. The monoisotopic (exact) mass is 258 g/mol. The van der Waals surface area contributed by atoms with Gasteiger partial charge in [0.1, 0.15) is 6.04 Å². The van der Waals surface area contributed by atoms with Gasteiger partial charge in [0.15, 0.2) is 0 Å². The quantitative estimate of drug-likeness (QED) is 0.514. The highest BCUT2D eigenvalue weighted by Crippen LogP contribution is 2.46. The van der Waals surface area contributed by atoms with Crippen LogP contribution in [0.25, 0.3) is 0 Å². The molecule has 1 unspecified atom stereocenters. The standard InChI is InChI=1S/C10H15N2O4P/c1-16-17(15,6-8(12)10(13)14)9-5-3-2-4-7(9)11/h2-5,8H,6,11-12H2,1H3,(H,13,14)/t8-,17?/m0/s1. The second-order valence-electron chi connectivity index (χ2n) is 3.54. The van der Waals surface area contributed by atoms with E-state index >= 15 is 0 Å². The Hall–Kier alpha value is -1.36. The van der Waals surface area contributed by atoms with Gasteiger partial charge in [-0.15, -0.1) is 0 Å². The molecule has 0 radical (unpaired) electrons. The molecule has 2 atom stereocenters. The van der Waals surface area contributed by atoms with Gasteiger partial charge in [-0.3, -0.25) is 9.36 Å². The summed E-state index contributed by atoms with van der Waals surface area (Å²) in [5.41, 5.74) is 11.4. The van der Waals surface area contributed by atoms with Crippen molar-refractivity contribution >= 4 is 24.3 Å². The van der Waals surface area contributed by atoms with Crippen molar-refractivity contribution in [3.05, 3.63) is 24.3 Å². The van der Waals surface area contributed by atoms with Gasteiger partial charge in [0.2, 0.25) is 7.37 Å². The van der Waals surface area contributed by atoms with Gasteiger partial charge >= 0.3 is 5.97 Å². The summed E-state index contributed by atoms with van der Waals surface area (Å²) in [6.45, 7) is 0. The van der Waals surface area contributed by atoms with Crippen LogP contribution in [0, 0.1) is 0 Å². The number of hydrogen-bond donors (Lipinski definition) is 3. The molecule has 0 aliphatic heterocycles. The number of hydrogen-bond acceptors (Lipinski definition) is 5. The normalized spacial score (nSPS) is 16.1. The van der Waals surface area contributed by atoms with E-state index < -0.39 is 19.4 Å². The van der Waals surface area contributed by atoms with E-state index in [1.807, 2.05) is 0 Å². The molecule has 1 aromatic carbocycles. The van der Waals surface area contributed by atoms with Crippen LogP contribution in [0.4, 0.5) is 5.69 Å². The number of anilines is 1. The van der Waals surface area contributed by atoms with Gasteiger partial charge < -0.3 is 21.1 Å². The summed E-state index contributed by atoms with van der Waals surface area (Å²) in [4.78, 5) is 10.7. The van der Waals surface area contributed by atoms with Crippen LogP contribution in [0.3, 0.4) is 0 Å². The Kier molecular flexibility index (Phi) is 4.28. The molecule has 0 saturated carbocycles. The zero-order chi connectivity index (χ0) is 13.1. The third-order valence-electron chi connectivity index (χ3n) is 2.35. The molecule has 0 saturated heterocycles. The number of para-hydroxylation sites is 1. The van der Waals surface area contributed by atoms with Crippen LogP contribution in [0.5, 0.6) is 0 Å². The van der Waals surface area contributed by atoms with Crippen LogP contribution in [0.1, 0.15) is 0 Å². The molecule has 5 N–H and O–H groups in total. The summed E-state index contributed by atoms with van der Waals surface area (Å²) < 4.78 is 17.4. The summed E-state index contributed by atoms with van der Waals surface area (Å²) in [6.07, 6.45) is -0.285. The van der Waals surface area contributed by atoms with Crippen LogP contribution >= 0.6 is 7.37 Å². The van der Waals surface area contributed by atoms with Gasteiger partial charge in [0, 0.05) is 12.8 Å². The molecule has 1 rings (SSSR count). The molecular formula is C10H15N2O4P. The van der Waals surface area contributed by atoms with Gasteiger partial charge in [-0.25, -0.2) is 0 Å². The first kappa shape index (κ1) is 13.7. The maximum absolute atomic E-state index is 12.5. The Bertz CT molecular complexity index is 463. The van der Waals surface area contributed by atoms with Crippen LogP contribution in [-0.2, 0) is 13.9 Å². The van der Waals surface area contributed by atoms with Gasteiger partial charge in [0.05, 0.1) is 11.5 Å². The number of carbonyl (C=O) groups is 1. The number of rotatable bonds is 5. The van der Waals surface area contributed by atoms with Crippen molar-refractivity contribution in [3.63, 3.8) is 0 Å². The first-order chi connectivity index (χ1) is 7.90. The first-order valence-corrected chi connectivity index (χ1v) is 6.70. The Labute approximate surface area is 99.0 Å². The molecule has 0 fully saturated rings. The fourth-order valence-electron chi connectivity index (χ4n) is 1.41. The maximum atomic E-state index is 12.5. The minimum Gasteiger partial charge on any atom is -0.480 e. The van der Waals surface area contributed by atoms with E-state index in [4.69, 9.17) is 21.1 Å². The minimum absolute atomic E-state index is 0.285. The third-order valence-corrected chi connectivity index (χ3v) is 4.96. The van der Waals surface area contributed by atoms with Crippen LogP contribution in [0.15, 0.2) is 24.3 Å². The Balaban J connectivity index is 3.09. The van der Waals surface area contributed by atoms with Crippen molar-refractivity contribution in [2.45, 2.75) is 6.04 Å². The van der Waals surface area contributed by atoms with Gasteiger partial charge in [-0.2, -0.15) is 0 Å². The predicted octanol–water partition coefficient (Wildman–Crippen LogP) is 0.230. The lowest BCUT2D eigenvalue weighted by Crippen LogP contribution is -2.35. The number of nitrogen functional groups attached to an aromatic ring is 1. The lowest BCUT2D eigenvalue weighted by atomic mass is 10.3. The van der Waals surface area contributed by atoms with E-state index in [0.717, 1.165) is 0 Å². The zero-order valence-electron chi connectivity index (χ0n) is 9.37. The largest absolute Gasteiger partial charge is 0.480 e. The number of carboxylic acids is 1. The number of nitrogens with two attached hydrogens (primary N) is 2. The topological polar surface area (TPSA) is 116 Å². The van der Waals surface area contributed by atoms with Crippen molar-refractivity contribution in [1.82, 2.24) is 0 Å². The maximum Gasteiger partial charge on any atom is 0.321 e. The molecule has 0 heterocycles. The summed E-state index contributed by atoms with van der Waals surface area (Å²) in [6, 6.07) is 5.22. The van der Waals surface area contributed by atoms with E-state index in [0.29, 0.717) is 11.0 Å². The molecule has 0 bridgehead atoms. The Morgan fingerprint density at radius 3 is 2.59 bits per heavy atom. The molecule has 0 amide bonds. The highest BCUT2D eigenvalue weighted by Gasteiger charge is 2.31. The molecular weight excluding hydrogens is 243 g/mol. The van der Waals surface area contributed by atoms with E-state index in [2.05, 4.69) is 0 Å². The van der Waals surface area contributed by atoms with Crippen LogP contribution in [-0.4, -0.2) is 30.4 Å². The number of benzene rings is 1. The van der Waals surface area contributed by atoms with Gasteiger partial charge in [0.25, 0.3) is 0 Å². The van der Waals surface area contributed by atoms with Crippen LogP contribution < -0.4 is 16.8 Å². The highest BCUT2D eigenvalue weighted by molar-refractivity contribution is 7.67. The molecule has 0 spiro atoms. The van der Waals surface area contributed by atoms with Crippen molar-refractivity contribution < 1.29 is 19.0 Å². The molecule has 0 aliphatic carbocycles. The van der Waals surface area contributed by atoms with Crippen molar-refractivity contribution in [1.29, 1.82) is 0 Å². The zero-order valence-corrected chi connectivity index (χ0v) is 10.3. The number of carboxylic acid groups (broad SMARTS) is 1. The molecule has 17 heavy (non-hydrogen) atoms. The van der Waals surface area contributed by atoms with E-state index in [1.165, 1.54) is 7.11 Å². The molecule has 6 nitrogen and oxygen atoms in total. The minimum atomic E-state index is -3.33. The van der Waals surface area contributed by atoms with Crippen LogP contribution in [0.2, 0.25) is 0 Å². The molecule has 0 aliphatic rings. The van der Waals surface area contributed by atoms with Gasteiger partial charge in [-0.05, 0) is 12.1 Å². The fraction of sp³-hybridized carbons (Fsp3) is 0.300. The average Bonchev–Trinajstić information content (AvgIpc) is 2.29. The summed E-state index contributed by atoms with van der Waals surface area (Å²) in [5.74, 6) is -1.23. The smallest absolute Gasteiger partial charge is 0.321 e. The Morgan fingerprint density at radius 2 is 2.12 bits per heavy atom. The fourth-order valence-corrected chi connectivity index (χ4v) is 3.40. The third kappa shape index (κ3) is 3.06. The Morgan fingerprint density at radius 1 is 1.53 bits per heavy atom. The summed E-state index contributed by atoms with van der Waals surface area (Å²) in [5, 5.41) is 9.03. The average molecular weight is 258 g/mol. The van der Waals surface area contributed by atoms with Gasteiger partial charge in [-0.1, -0.05) is 12.1 Å². The van der Waals surface area contributed by atoms with Crippen molar-refractivity contribution in [2.24, 2.45) is 5.73 Å². The summed E-state index contributed by atoms with van der Waals surface area (Å²) >= 11 is 0. The van der Waals surface area contributed by atoms with E-state index in [9.17, 15) is 9.36 Å². The second kappa shape index (κ2) is 5.31. The van der Waals surface area contributed by atoms with E-state index in [1.54, 1.807) is 24.3 Å². The summed E-state index contributed by atoms with van der Waals surface area (Å²) in [7, 11) is -2.08. The van der Waals surface area contributed by atoms with Crippen molar-refractivity contribution in [2.75, 3.05) is 19.0 Å². The molecule has 1 aromatic rings.